The van der Waals surface area contributed by atoms with E-state index in [9.17, 15) is 13.0 Å². The fraction of sp³-hybridized carbons (Fsp3) is 0.143. The Kier molecular flexibility index (Phi) is 3.50. The number of hydrogen-bond donors (Lipinski definition) is 1. The molecule has 0 aliphatic heterocycles. The molecule has 2 aromatic rings. The predicted octanol–water partition coefficient (Wildman–Crippen LogP) is 3.16. The van der Waals surface area contributed by atoms with Crippen molar-refractivity contribution >= 4 is 10.1 Å². The first-order valence-electron chi connectivity index (χ1n) is 5.69. The van der Waals surface area contributed by atoms with Crippen molar-refractivity contribution in [3.05, 3.63) is 54.1 Å². The van der Waals surface area contributed by atoms with Gasteiger partial charge in [-0.3, -0.25) is 4.55 Å². The molecule has 0 heterocycles. The van der Waals surface area contributed by atoms with Gasteiger partial charge in [-0.15, -0.1) is 0 Å². The number of hydrogen-bond acceptors (Lipinski definition) is 2. The van der Waals surface area contributed by atoms with Crippen LogP contribution in [0.15, 0.2) is 53.4 Å². The molecule has 0 saturated heterocycles. The van der Waals surface area contributed by atoms with Crippen molar-refractivity contribution in [2.45, 2.75) is 18.2 Å². The first kappa shape index (κ1) is 12.8. The van der Waals surface area contributed by atoms with Crippen molar-refractivity contribution in [3.63, 3.8) is 0 Å². The van der Waals surface area contributed by atoms with E-state index in [1.165, 1.54) is 6.07 Å². The molecule has 4 heteroatoms. The van der Waals surface area contributed by atoms with E-state index in [1.807, 2.05) is 43.3 Å². The Hall–Kier alpha value is -1.65. The van der Waals surface area contributed by atoms with E-state index in [0.29, 0.717) is 12.0 Å². The Balaban J connectivity index is 2.79. The lowest BCUT2D eigenvalue weighted by Gasteiger charge is -2.12. The van der Waals surface area contributed by atoms with E-state index in [4.69, 9.17) is 0 Å². The zero-order chi connectivity index (χ0) is 13.2. The Morgan fingerprint density at radius 1 is 1.00 bits per heavy atom. The smallest absolute Gasteiger partial charge is 0.282 e. The van der Waals surface area contributed by atoms with Gasteiger partial charge in [0.25, 0.3) is 10.1 Å². The van der Waals surface area contributed by atoms with Crippen LogP contribution >= 0.6 is 0 Å². The maximum absolute atomic E-state index is 11.5. The highest BCUT2D eigenvalue weighted by Gasteiger charge is 2.18. The lowest BCUT2D eigenvalue weighted by molar-refractivity contribution is 0.483. The summed E-state index contributed by atoms with van der Waals surface area (Å²) in [4.78, 5) is -0.0342. The highest BCUT2D eigenvalue weighted by atomic mass is 32.2. The molecule has 0 unspecified atom stereocenters. The maximum atomic E-state index is 11.5. The first-order chi connectivity index (χ1) is 8.54. The van der Waals surface area contributed by atoms with E-state index < -0.39 is 10.1 Å². The molecule has 0 aliphatic rings. The fourth-order valence-electron chi connectivity index (χ4n) is 2.02. The molecule has 94 valence electrons. The molecule has 3 nitrogen and oxygen atoms in total. The minimum atomic E-state index is -4.21. The van der Waals surface area contributed by atoms with Gasteiger partial charge in [0, 0.05) is 5.56 Å². The lowest BCUT2D eigenvalue weighted by Crippen LogP contribution is -2.03. The third kappa shape index (κ3) is 2.44. The van der Waals surface area contributed by atoms with Gasteiger partial charge in [-0.1, -0.05) is 49.4 Å². The van der Waals surface area contributed by atoms with Crippen molar-refractivity contribution in [3.8, 4) is 11.1 Å². The van der Waals surface area contributed by atoms with Crippen molar-refractivity contribution in [2.75, 3.05) is 0 Å². The molecule has 2 aromatic carbocycles. The van der Waals surface area contributed by atoms with Crippen LogP contribution in [0.25, 0.3) is 11.1 Å². The average Bonchev–Trinajstić information content (AvgIpc) is 2.38. The van der Waals surface area contributed by atoms with Crippen molar-refractivity contribution in [1.82, 2.24) is 0 Å². The summed E-state index contributed by atoms with van der Waals surface area (Å²) in [5.74, 6) is 0. The number of benzene rings is 2. The van der Waals surface area contributed by atoms with E-state index in [-0.39, 0.29) is 4.90 Å². The Morgan fingerprint density at radius 3 is 2.22 bits per heavy atom. The Bertz CT molecular complexity index is 646. The number of rotatable bonds is 3. The van der Waals surface area contributed by atoms with Crippen LogP contribution in [0.3, 0.4) is 0 Å². The zero-order valence-corrected chi connectivity index (χ0v) is 10.8. The average molecular weight is 262 g/mol. The second-order valence-electron chi connectivity index (χ2n) is 3.98. The van der Waals surface area contributed by atoms with Crippen LogP contribution in [-0.2, 0) is 16.5 Å². The summed E-state index contributed by atoms with van der Waals surface area (Å²) < 4.78 is 32.2. The van der Waals surface area contributed by atoms with Crippen LogP contribution in [0.1, 0.15) is 12.5 Å². The predicted molar refractivity (Wildman–Crippen MR) is 71.1 cm³/mol. The summed E-state index contributed by atoms with van der Waals surface area (Å²) >= 11 is 0. The summed E-state index contributed by atoms with van der Waals surface area (Å²) in [5, 5.41) is 0. The SMILES string of the molecule is CCc1cccc(S(=O)(=O)O)c1-c1ccccc1. The molecule has 0 radical (unpaired) electrons. The molecule has 0 aliphatic carbocycles. The molecule has 0 aromatic heterocycles. The summed E-state index contributed by atoms with van der Waals surface area (Å²) in [7, 11) is -4.21. The summed E-state index contributed by atoms with van der Waals surface area (Å²) in [5.41, 5.74) is 2.28. The van der Waals surface area contributed by atoms with Gasteiger partial charge in [-0.05, 0) is 23.6 Å². The molecule has 2 rings (SSSR count). The van der Waals surface area contributed by atoms with Crippen molar-refractivity contribution < 1.29 is 13.0 Å². The van der Waals surface area contributed by atoms with Crippen LogP contribution in [0.5, 0.6) is 0 Å². The summed E-state index contributed by atoms with van der Waals surface area (Å²) in [6, 6.07) is 14.2. The standard InChI is InChI=1S/C14H14O3S/c1-2-11-9-6-10-13(18(15,16)17)14(11)12-7-4-3-5-8-12/h3-10H,2H2,1H3,(H,15,16,17). The maximum Gasteiger partial charge on any atom is 0.295 e. The lowest BCUT2D eigenvalue weighted by atomic mass is 9.98. The summed E-state index contributed by atoms with van der Waals surface area (Å²) in [6.45, 7) is 1.95. The van der Waals surface area contributed by atoms with Crippen LogP contribution in [-0.4, -0.2) is 13.0 Å². The molecule has 0 amide bonds. The quantitative estimate of drug-likeness (QED) is 0.864. The zero-order valence-electron chi connectivity index (χ0n) is 10.00. The molecule has 0 atom stereocenters. The van der Waals surface area contributed by atoms with Crippen molar-refractivity contribution in [2.24, 2.45) is 0 Å². The van der Waals surface area contributed by atoms with Crippen LogP contribution in [0.4, 0.5) is 0 Å². The normalized spacial score (nSPS) is 11.4. The molecular formula is C14H14O3S. The van der Waals surface area contributed by atoms with Gasteiger partial charge in [0.1, 0.15) is 4.90 Å². The molecule has 0 saturated carbocycles. The monoisotopic (exact) mass is 262 g/mol. The Morgan fingerprint density at radius 2 is 1.67 bits per heavy atom. The van der Waals surface area contributed by atoms with E-state index in [2.05, 4.69) is 0 Å². The van der Waals surface area contributed by atoms with Crippen LogP contribution in [0, 0.1) is 0 Å². The summed E-state index contributed by atoms with van der Waals surface area (Å²) in [6.07, 6.45) is 0.702. The topological polar surface area (TPSA) is 54.4 Å². The van der Waals surface area contributed by atoms with Gasteiger partial charge in [0.15, 0.2) is 0 Å². The molecular weight excluding hydrogens is 248 g/mol. The largest absolute Gasteiger partial charge is 0.295 e. The Labute approximate surface area is 107 Å². The van der Waals surface area contributed by atoms with E-state index >= 15 is 0 Å². The first-order valence-corrected chi connectivity index (χ1v) is 7.13. The highest BCUT2D eigenvalue weighted by molar-refractivity contribution is 7.86. The third-order valence-electron chi connectivity index (χ3n) is 2.83. The van der Waals surface area contributed by atoms with E-state index in [0.717, 1.165) is 11.1 Å². The van der Waals surface area contributed by atoms with Gasteiger partial charge in [0.2, 0.25) is 0 Å². The minimum Gasteiger partial charge on any atom is -0.282 e. The molecule has 18 heavy (non-hydrogen) atoms. The third-order valence-corrected chi connectivity index (χ3v) is 3.73. The van der Waals surface area contributed by atoms with Gasteiger partial charge in [0.05, 0.1) is 0 Å². The second kappa shape index (κ2) is 4.92. The van der Waals surface area contributed by atoms with Gasteiger partial charge in [-0.2, -0.15) is 8.42 Å². The second-order valence-corrected chi connectivity index (χ2v) is 5.37. The molecule has 1 N–H and O–H groups in total. The fourth-order valence-corrected chi connectivity index (χ4v) is 2.78. The van der Waals surface area contributed by atoms with Crippen LogP contribution < -0.4 is 0 Å². The van der Waals surface area contributed by atoms with Gasteiger partial charge < -0.3 is 0 Å². The molecule has 0 spiro atoms. The van der Waals surface area contributed by atoms with Gasteiger partial charge >= 0.3 is 0 Å². The van der Waals surface area contributed by atoms with Crippen molar-refractivity contribution in [1.29, 1.82) is 0 Å². The van der Waals surface area contributed by atoms with Crippen LogP contribution in [0.2, 0.25) is 0 Å². The van der Waals surface area contributed by atoms with Gasteiger partial charge in [-0.25, -0.2) is 0 Å². The minimum absolute atomic E-state index is 0.0342. The molecule has 0 bridgehead atoms. The van der Waals surface area contributed by atoms with E-state index in [1.54, 1.807) is 6.07 Å². The number of aryl methyl sites for hydroxylation is 1. The highest BCUT2D eigenvalue weighted by Crippen LogP contribution is 2.31. The molecule has 0 fully saturated rings.